The molecule has 1 amide bonds. The first-order valence-corrected chi connectivity index (χ1v) is 8.74. The van der Waals surface area contributed by atoms with E-state index in [0.717, 1.165) is 22.4 Å². The van der Waals surface area contributed by atoms with E-state index < -0.39 is 0 Å². The third kappa shape index (κ3) is 5.09. The maximum atomic E-state index is 12.3. The molecule has 1 N–H and O–H groups in total. The maximum absolute atomic E-state index is 12.3. The molecule has 2 aromatic carbocycles. The molecule has 0 aromatic heterocycles. The molecule has 3 heteroatoms. The van der Waals surface area contributed by atoms with E-state index in [0.29, 0.717) is 6.42 Å². The molecule has 0 saturated heterocycles. The molecular weight excluding hydrogens is 310 g/mol. The normalized spacial score (nSPS) is 12.6. The predicted molar refractivity (Wildman–Crippen MR) is 103 cm³/mol. The molecule has 0 aliphatic carbocycles. The summed E-state index contributed by atoms with van der Waals surface area (Å²) in [6.07, 6.45) is 0.370. The van der Waals surface area contributed by atoms with Crippen LogP contribution in [0, 0.1) is 6.92 Å². The van der Waals surface area contributed by atoms with Crippen LogP contribution in [0.5, 0.6) is 5.75 Å². The van der Waals surface area contributed by atoms with Gasteiger partial charge in [-0.25, -0.2) is 0 Å². The van der Waals surface area contributed by atoms with Crippen molar-refractivity contribution in [3.05, 3.63) is 64.7 Å². The Morgan fingerprint density at radius 2 is 1.76 bits per heavy atom. The summed E-state index contributed by atoms with van der Waals surface area (Å²) in [4.78, 5) is 12.3. The Morgan fingerprint density at radius 1 is 1.12 bits per heavy atom. The summed E-state index contributed by atoms with van der Waals surface area (Å²) >= 11 is 0. The fourth-order valence-corrected chi connectivity index (χ4v) is 2.88. The number of ether oxygens (including phenoxy) is 1. The van der Waals surface area contributed by atoms with Crippen LogP contribution in [-0.2, 0) is 16.6 Å². The zero-order valence-corrected chi connectivity index (χ0v) is 16.1. The van der Waals surface area contributed by atoms with Crippen LogP contribution >= 0.6 is 0 Å². The summed E-state index contributed by atoms with van der Waals surface area (Å²) in [5.74, 6) is 0.869. The molecule has 3 nitrogen and oxygen atoms in total. The van der Waals surface area contributed by atoms with Crippen molar-refractivity contribution >= 4 is 5.91 Å². The van der Waals surface area contributed by atoms with Crippen LogP contribution in [0.3, 0.4) is 0 Å². The second kappa shape index (κ2) is 7.73. The van der Waals surface area contributed by atoms with E-state index in [1.54, 1.807) is 7.11 Å². The zero-order valence-electron chi connectivity index (χ0n) is 16.1. The zero-order chi connectivity index (χ0) is 18.6. The highest BCUT2D eigenvalue weighted by atomic mass is 16.5. The Labute approximate surface area is 151 Å². The second-order valence-electron chi connectivity index (χ2n) is 7.64. The Hall–Kier alpha value is -2.29. The molecule has 0 bridgehead atoms. The van der Waals surface area contributed by atoms with Crippen molar-refractivity contribution in [1.82, 2.24) is 5.32 Å². The van der Waals surface area contributed by atoms with Crippen molar-refractivity contribution in [2.24, 2.45) is 0 Å². The van der Waals surface area contributed by atoms with Crippen LogP contribution in [0.1, 0.15) is 56.0 Å². The molecule has 0 heterocycles. The molecule has 0 radical (unpaired) electrons. The lowest BCUT2D eigenvalue weighted by Gasteiger charge is -2.21. The van der Waals surface area contributed by atoms with Crippen molar-refractivity contribution < 1.29 is 9.53 Å². The third-order valence-corrected chi connectivity index (χ3v) is 4.48. The predicted octanol–water partition coefficient (Wildman–Crippen LogP) is 4.72. The standard InChI is InChI=1S/C22H29NO2/c1-15-13-17(7-12-20(15)25-6)14-21(24)23-16(2)18-8-10-19(11-9-18)22(3,4)5/h7-13,16H,14H2,1-6H3,(H,23,24)/t16-/m0/s1. The highest BCUT2D eigenvalue weighted by Gasteiger charge is 2.15. The van der Waals surface area contributed by atoms with Gasteiger partial charge in [0.25, 0.3) is 0 Å². The summed E-state index contributed by atoms with van der Waals surface area (Å²) in [5, 5.41) is 3.08. The molecule has 0 spiro atoms. The van der Waals surface area contributed by atoms with Gasteiger partial charge in [-0.3, -0.25) is 4.79 Å². The van der Waals surface area contributed by atoms with Crippen molar-refractivity contribution in [2.75, 3.05) is 7.11 Å². The van der Waals surface area contributed by atoms with Gasteiger partial charge in [0.05, 0.1) is 19.6 Å². The van der Waals surface area contributed by atoms with E-state index in [1.807, 2.05) is 32.0 Å². The number of hydrogen-bond donors (Lipinski definition) is 1. The van der Waals surface area contributed by atoms with Gasteiger partial charge < -0.3 is 10.1 Å². The fraction of sp³-hybridized carbons (Fsp3) is 0.409. The topological polar surface area (TPSA) is 38.3 Å². The quantitative estimate of drug-likeness (QED) is 0.856. The summed E-state index contributed by atoms with van der Waals surface area (Å²) in [5.41, 5.74) is 4.58. The van der Waals surface area contributed by atoms with E-state index in [1.165, 1.54) is 5.56 Å². The minimum Gasteiger partial charge on any atom is -0.496 e. The van der Waals surface area contributed by atoms with Gasteiger partial charge in [-0.05, 0) is 47.6 Å². The molecule has 0 unspecified atom stereocenters. The van der Waals surface area contributed by atoms with Crippen LogP contribution < -0.4 is 10.1 Å². The lowest BCUT2D eigenvalue weighted by molar-refractivity contribution is -0.121. The van der Waals surface area contributed by atoms with Crippen molar-refractivity contribution in [2.45, 2.75) is 52.5 Å². The van der Waals surface area contributed by atoms with Crippen LogP contribution in [0.25, 0.3) is 0 Å². The number of rotatable bonds is 5. The number of methoxy groups -OCH3 is 1. The average Bonchev–Trinajstić information content (AvgIpc) is 2.54. The molecule has 134 valence electrons. The largest absolute Gasteiger partial charge is 0.496 e. The van der Waals surface area contributed by atoms with Crippen LogP contribution in [0.15, 0.2) is 42.5 Å². The summed E-state index contributed by atoms with van der Waals surface area (Å²) in [7, 11) is 1.65. The van der Waals surface area contributed by atoms with Gasteiger partial charge in [0.2, 0.25) is 5.91 Å². The van der Waals surface area contributed by atoms with Gasteiger partial charge in [0, 0.05) is 0 Å². The highest BCUT2D eigenvalue weighted by Crippen LogP contribution is 2.24. The number of hydrogen-bond acceptors (Lipinski definition) is 2. The van der Waals surface area contributed by atoms with Gasteiger partial charge >= 0.3 is 0 Å². The number of aryl methyl sites for hydroxylation is 1. The number of carbonyl (C=O) groups is 1. The Morgan fingerprint density at radius 3 is 2.28 bits per heavy atom. The molecule has 25 heavy (non-hydrogen) atoms. The molecular formula is C22H29NO2. The number of benzene rings is 2. The summed E-state index contributed by atoms with van der Waals surface area (Å²) < 4.78 is 5.26. The molecule has 2 aromatic rings. The first kappa shape index (κ1) is 19.0. The first-order valence-electron chi connectivity index (χ1n) is 8.74. The first-order chi connectivity index (χ1) is 11.7. The fourth-order valence-electron chi connectivity index (χ4n) is 2.88. The molecule has 0 aliphatic heterocycles. The molecule has 1 atom stereocenters. The van der Waals surface area contributed by atoms with Crippen LogP contribution in [-0.4, -0.2) is 13.0 Å². The van der Waals surface area contributed by atoms with E-state index in [9.17, 15) is 4.79 Å². The molecule has 0 saturated carbocycles. The second-order valence-corrected chi connectivity index (χ2v) is 7.64. The monoisotopic (exact) mass is 339 g/mol. The van der Waals surface area contributed by atoms with Crippen LogP contribution in [0.4, 0.5) is 0 Å². The Kier molecular flexibility index (Phi) is 5.89. The summed E-state index contributed by atoms with van der Waals surface area (Å²) in [6.45, 7) is 10.6. The lowest BCUT2D eigenvalue weighted by atomic mass is 9.86. The van der Waals surface area contributed by atoms with Gasteiger partial charge in [0.1, 0.15) is 5.75 Å². The number of amides is 1. The SMILES string of the molecule is COc1ccc(CC(=O)N[C@@H](C)c2ccc(C(C)(C)C)cc2)cc1C. The van der Waals surface area contributed by atoms with Gasteiger partial charge in [0.15, 0.2) is 0 Å². The Bertz CT molecular complexity index is 727. The Balaban J connectivity index is 1.99. The third-order valence-electron chi connectivity index (χ3n) is 4.48. The van der Waals surface area contributed by atoms with Crippen LogP contribution in [0.2, 0.25) is 0 Å². The molecule has 0 fully saturated rings. The smallest absolute Gasteiger partial charge is 0.224 e. The van der Waals surface area contributed by atoms with E-state index in [2.05, 4.69) is 50.4 Å². The minimum absolute atomic E-state index is 0.0131. The van der Waals surface area contributed by atoms with Crippen molar-refractivity contribution in [3.8, 4) is 5.75 Å². The molecule has 0 aliphatic rings. The van der Waals surface area contributed by atoms with E-state index in [4.69, 9.17) is 4.74 Å². The number of carbonyl (C=O) groups excluding carboxylic acids is 1. The molecule has 2 rings (SSSR count). The maximum Gasteiger partial charge on any atom is 0.224 e. The van der Waals surface area contributed by atoms with Gasteiger partial charge in [-0.15, -0.1) is 0 Å². The minimum atomic E-state index is -0.0131. The van der Waals surface area contributed by atoms with E-state index >= 15 is 0 Å². The number of nitrogens with one attached hydrogen (secondary N) is 1. The average molecular weight is 339 g/mol. The van der Waals surface area contributed by atoms with Gasteiger partial charge in [-0.2, -0.15) is 0 Å². The highest BCUT2D eigenvalue weighted by molar-refractivity contribution is 5.79. The van der Waals surface area contributed by atoms with E-state index in [-0.39, 0.29) is 17.4 Å². The lowest BCUT2D eigenvalue weighted by Crippen LogP contribution is -2.28. The van der Waals surface area contributed by atoms with Crippen molar-refractivity contribution in [3.63, 3.8) is 0 Å². The summed E-state index contributed by atoms with van der Waals surface area (Å²) in [6, 6.07) is 14.3. The van der Waals surface area contributed by atoms with Crippen molar-refractivity contribution in [1.29, 1.82) is 0 Å². The van der Waals surface area contributed by atoms with Gasteiger partial charge in [-0.1, -0.05) is 57.2 Å².